The van der Waals surface area contributed by atoms with Crippen LogP contribution in [0.2, 0.25) is 0 Å². The molecule has 0 aliphatic heterocycles. The molecule has 0 aliphatic carbocycles. The molecule has 0 bridgehead atoms. The Kier molecular flexibility index (Phi) is 4.24. The Morgan fingerprint density at radius 2 is 2.13 bits per heavy atom. The summed E-state index contributed by atoms with van der Waals surface area (Å²) in [6.45, 7) is 1.31. The molecular weight excluding hydrogens is 409 g/mol. The average Bonchev–Trinajstić information content (AvgIpc) is 2.14. The van der Waals surface area contributed by atoms with Crippen LogP contribution >= 0.6 is 0 Å². The van der Waals surface area contributed by atoms with Gasteiger partial charge in [0.1, 0.15) is 0 Å². The quantitative estimate of drug-likeness (QED) is 0.559. The molecule has 0 aromatic heterocycles. The number of hydrogen-bond acceptors (Lipinski definition) is 4. The third-order valence-electron chi connectivity index (χ3n) is 1.64. The van der Waals surface area contributed by atoms with E-state index in [0.29, 0.717) is 0 Å². The summed E-state index contributed by atoms with van der Waals surface area (Å²) >= 11 is -2.01. The van der Waals surface area contributed by atoms with Gasteiger partial charge < -0.3 is 0 Å². The Labute approximate surface area is 100 Å². The molecule has 78 valence electrons. The predicted octanol–water partition coefficient (Wildman–Crippen LogP) is 0.119. The van der Waals surface area contributed by atoms with Crippen molar-refractivity contribution in [1.29, 1.82) is 0 Å². The Morgan fingerprint density at radius 3 is 2.67 bits per heavy atom. The van der Waals surface area contributed by atoms with Crippen LogP contribution in [-0.2, 0) is 42.6 Å². The van der Waals surface area contributed by atoms with Gasteiger partial charge in [-0.1, -0.05) is 0 Å². The zero-order valence-electron chi connectivity index (χ0n) is 8.00. The van der Waals surface area contributed by atoms with E-state index in [4.69, 9.17) is 7.20 Å². The zero-order valence-corrected chi connectivity index (χ0v) is 14.3. The van der Waals surface area contributed by atoms with Crippen LogP contribution in [0.3, 0.4) is 0 Å². The fourth-order valence-corrected chi connectivity index (χ4v) is 5.63. The standard InChI is InChI=1S/C6H5O3S.C2H4O2.Hg/c7-10(8,9)6-4-2-1-3-5-6;1-2(3)4;/h1-2,4-5H,(H,7,8,9);1H3,(H,3,4);/q;;+1/p-1. The monoisotopic (exact) mass is 418 g/mol. The zero-order chi connectivity index (χ0) is 11.5. The summed E-state index contributed by atoms with van der Waals surface area (Å²) in [4.78, 5) is 10.4. The van der Waals surface area contributed by atoms with Crippen molar-refractivity contribution >= 4 is 19.2 Å². The van der Waals surface area contributed by atoms with Gasteiger partial charge in [-0.05, 0) is 0 Å². The molecule has 0 aliphatic rings. The van der Waals surface area contributed by atoms with Crippen molar-refractivity contribution in [3.8, 4) is 0 Å². The van der Waals surface area contributed by atoms with Crippen molar-refractivity contribution in [2.24, 2.45) is 0 Å². The minimum absolute atomic E-state index is 0.160. The summed E-state index contributed by atoms with van der Waals surface area (Å²) in [5, 5.41) is 0. The molecule has 1 aromatic rings. The molecule has 0 heterocycles. The molecule has 0 saturated carbocycles. The second kappa shape index (κ2) is 5.04. The van der Waals surface area contributed by atoms with Gasteiger partial charge in [0.15, 0.2) is 0 Å². The Bertz CT molecular complexity index is 468. The Balaban J connectivity index is 2.89. The van der Waals surface area contributed by atoms with Crippen molar-refractivity contribution in [2.75, 3.05) is 0 Å². The van der Waals surface area contributed by atoms with Gasteiger partial charge in [0.2, 0.25) is 0 Å². The molecular formula is C8H8HgO5S. The second-order valence-electron chi connectivity index (χ2n) is 2.90. The molecule has 0 amide bonds. The van der Waals surface area contributed by atoms with E-state index >= 15 is 0 Å². The number of benzene rings is 1. The van der Waals surface area contributed by atoms with E-state index in [1.54, 1.807) is 6.07 Å². The maximum atomic E-state index is 10.8. The van der Waals surface area contributed by atoms with Crippen LogP contribution < -0.4 is 3.07 Å². The van der Waals surface area contributed by atoms with E-state index in [2.05, 4.69) is 0 Å². The topological polar surface area (TPSA) is 80.7 Å². The first-order valence-electron chi connectivity index (χ1n) is 4.09. The first kappa shape index (κ1) is 12.6. The number of carbonyl (C=O) groups is 1. The van der Waals surface area contributed by atoms with Crippen LogP contribution in [0, 0.1) is 0 Å². The third-order valence-corrected chi connectivity index (χ3v) is 7.64. The fraction of sp³-hybridized carbons (Fsp3) is 0.125. The number of hydrogen-bond donors (Lipinski definition) is 1. The van der Waals surface area contributed by atoms with Gasteiger partial charge in [0, 0.05) is 0 Å². The second-order valence-corrected chi connectivity index (χ2v) is 9.74. The first-order chi connectivity index (χ1) is 6.89. The molecule has 1 N–H and O–H groups in total. The van der Waals surface area contributed by atoms with E-state index in [9.17, 15) is 13.2 Å². The molecule has 1 rings (SSSR count). The van der Waals surface area contributed by atoms with Gasteiger partial charge in [0.25, 0.3) is 0 Å². The summed E-state index contributed by atoms with van der Waals surface area (Å²) in [5.41, 5.74) is 0. The molecule has 0 saturated heterocycles. The SMILES string of the molecule is CC(=O)[O][Hg][c]1cccc(S(=O)(=O)O)c1. The fourth-order valence-electron chi connectivity index (χ4n) is 0.981. The third kappa shape index (κ3) is 4.27. The van der Waals surface area contributed by atoms with Crippen molar-refractivity contribution in [3.05, 3.63) is 24.3 Å². The Hall–Kier alpha value is -0.465. The van der Waals surface area contributed by atoms with E-state index in [1.165, 1.54) is 25.1 Å². The van der Waals surface area contributed by atoms with Crippen LogP contribution in [0.4, 0.5) is 0 Å². The molecule has 0 fully saturated rings. The molecule has 5 nitrogen and oxygen atoms in total. The first-order valence-corrected chi connectivity index (χ1v) is 10.5. The van der Waals surface area contributed by atoms with Crippen LogP contribution in [0.15, 0.2) is 29.2 Å². The molecule has 1 aromatic carbocycles. The van der Waals surface area contributed by atoms with Crippen molar-refractivity contribution < 1.29 is 45.4 Å². The van der Waals surface area contributed by atoms with Gasteiger partial charge in [-0.3, -0.25) is 0 Å². The Morgan fingerprint density at radius 1 is 1.47 bits per heavy atom. The van der Waals surface area contributed by atoms with Gasteiger partial charge in [-0.15, -0.1) is 0 Å². The molecule has 7 heteroatoms. The molecule has 15 heavy (non-hydrogen) atoms. The maximum absolute atomic E-state index is 10.8. The average molecular weight is 417 g/mol. The van der Waals surface area contributed by atoms with Crippen molar-refractivity contribution in [1.82, 2.24) is 0 Å². The van der Waals surface area contributed by atoms with E-state index in [-0.39, 0.29) is 10.9 Å². The molecule has 0 unspecified atom stereocenters. The summed E-state index contributed by atoms with van der Waals surface area (Å²) in [7, 11) is -4.17. The number of rotatable bonds is 3. The van der Waals surface area contributed by atoms with Crippen LogP contribution in [0.1, 0.15) is 6.92 Å². The normalized spacial score (nSPS) is 10.5. The van der Waals surface area contributed by atoms with Gasteiger partial charge in [-0.2, -0.15) is 0 Å². The van der Waals surface area contributed by atoms with E-state index in [0.717, 1.165) is 3.07 Å². The molecule has 0 atom stereocenters. The van der Waals surface area contributed by atoms with E-state index in [1.807, 2.05) is 0 Å². The van der Waals surface area contributed by atoms with Crippen molar-refractivity contribution in [2.45, 2.75) is 11.8 Å². The van der Waals surface area contributed by atoms with Gasteiger partial charge in [0.05, 0.1) is 0 Å². The summed E-state index contributed by atoms with van der Waals surface area (Å²) in [6, 6.07) is 5.85. The molecule has 0 radical (unpaired) electrons. The minimum atomic E-state index is -4.17. The van der Waals surface area contributed by atoms with Crippen LogP contribution in [0.5, 0.6) is 0 Å². The van der Waals surface area contributed by atoms with Gasteiger partial charge >= 0.3 is 101 Å². The summed E-state index contributed by atoms with van der Waals surface area (Å²) in [6.07, 6.45) is 0. The predicted molar refractivity (Wildman–Crippen MR) is 47.7 cm³/mol. The van der Waals surface area contributed by atoms with E-state index < -0.39 is 35.1 Å². The molecule has 0 spiro atoms. The van der Waals surface area contributed by atoms with Gasteiger partial charge in [-0.25, -0.2) is 0 Å². The van der Waals surface area contributed by atoms with Crippen molar-refractivity contribution in [3.63, 3.8) is 0 Å². The summed E-state index contributed by atoms with van der Waals surface area (Å²) in [5.74, 6) is -0.353. The van der Waals surface area contributed by atoms with Crippen LogP contribution in [-0.4, -0.2) is 18.9 Å². The van der Waals surface area contributed by atoms with Crippen LogP contribution in [0.25, 0.3) is 0 Å². The summed E-state index contributed by atoms with van der Waals surface area (Å²) < 4.78 is 36.0. The number of carbonyl (C=O) groups excluding carboxylic acids is 1.